The topological polar surface area (TPSA) is 15.3 Å². The molecule has 2 fully saturated rings. The van der Waals surface area contributed by atoms with Crippen molar-refractivity contribution in [2.45, 2.75) is 45.5 Å². The van der Waals surface area contributed by atoms with Crippen molar-refractivity contribution in [1.82, 2.24) is 10.2 Å². The van der Waals surface area contributed by atoms with Crippen molar-refractivity contribution in [2.24, 2.45) is 5.92 Å². The van der Waals surface area contributed by atoms with Gasteiger partial charge in [-0.3, -0.25) is 4.90 Å². The van der Waals surface area contributed by atoms with E-state index in [0.29, 0.717) is 0 Å². The molecule has 0 radical (unpaired) electrons. The quantitative estimate of drug-likeness (QED) is 0.829. The standard InChI is InChI=1S/C18H29BN2/c1-13-14(2)17(4-3-16(13)5-7-19)9-15-11-21(12-15)18-6-8-20-10-18/h3-4,15,18,20H,5-12,19H2,1-2H3. The van der Waals surface area contributed by atoms with E-state index in [1.807, 2.05) is 0 Å². The van der Waals surface area contributed by atoms with Gasteiger partial charge in [0, 0.05) is 25.7 Å². The molecule has 2 saturated heterocycles. The van der Waals surface area contributed by atoms with Crippen molar-refractivity contribution in [3.63, 3.8) is 0 Å². The lowest BCUT2D eigenvalue weighted by atomic mass is 9.85. The molecule has 0 aromatic heterocycles. The first kappa shape index (κ1) is 15.1. The summed E-state index contributed by atoms with van der Waals surface area (Å²) in [6.45, 7) is 9.66. The third-order valence-electron chi connectivity index (χ3n) is 5.58. The van der Waals surface area contributed by atoms with Gasteiger partial charge in [-0.2, -0.15) is 0 Å². The van der Waals surface area contributed by atoms with Crippen LogP contribution < -0.4 is 5.32 Å². The molecule has 1 N–H and O–H groups in total. The SMILES string of the molecule is BCCc1ccc(CC2CN(C3CCNC3)C2)c(C)c1C. The van der Waals surface area contributed by atoms with Gasteiger partial charge in [0.15, 0.2) is 0 Å². The minimum Gasteiger partial charge on any atom is -0.315 e. The van der Waals surface area contributed by atoms with Crippen molar-refractivity contribution in [3.8, 4) is 0 Å². The Morgan fingerprint density at radius 2 is 1.90 bits per heavy atom. The summed E-state index contributed by atoms with van der Waals surface area (Å²) in [5.41, 5.74) is 6.21. The Morgan fingerprint density at radius 3 is 2.57 bits per heavy atom. The molecule has 2 nitrogen and oxygen atoms in total. The Balaban J connectivity index is 1.57. The van der Waals surface area contributed by atoms with Gasteiger partial charge in [-0.1, -0.05) is 18.5 Å². The molecule has 1 unspecified atom stereocenters. The average molecular weight is 284 g/mol. The number of nitrogens with zero attached hydrogens (tertiary/aromatic N) is 1. The third kappa shape index (κ3) is 3.19. The summed E-state index contributed by atoms with van der Waals surface area (Å²) in [5.74, 6) is 0.876. The van der Waals surface area contributed by atoms with Crippen LogP contribution >= 0.6 is 0 Å². The van der Waals surface area contributed by atoms with Crippen LogP contribution in [-0.2, 0) is 12.8 Å². The molecule has 0 bridgehead atoms. The highest BCUT2D eigenvalue weighted by Crippen LogP contribution is 2.27. The Kier molecular flexibility index (Phi) is 4.70. The predicted octanol–water partition coefficient (Wildman–Crippen LogP) is 1.73. The van der Waals surface area contributed by atoms with Gasteiger partial charge in [0.1, 0.15) is 7.85 Å². The second-order valence-electron chi connectivity index (χ2n) is 7.05. The van der Waals surface area contributed by atoms with E-state index in [1.54, 1.807) is 16.7 Å². The maximum absolute atomic E-state index is 3.48. The lowest BCUT2D eigenvalue weighted by molar-refractivity contribution is 0.0608. The van der Waals surface area contributed by atoms with Gasteiger partial charge in [0.25, 0.3) is 0 Å². The van der Waals surface area contributed by atoms with Crippen LogP contribution in [0.2, 0.25) is 6.32 Å². The van der Waals surface area contributed by atoms with Crippen LogP contribution in [0.4, 0.5) is 0 Å². The molecule has 0 spiro atoms. The molecule has 0 saturated carbocycles. The summed E-state index contributed by atoms with van der Waals surface area (Å²) in [7, 11) is 2.27. The summed E-state index contributed by atoms with van der Waals surface area (Å²) in [5, 5.41) is 3.48. The number of hydrogen-bond acceptors (Lipinski definition) is 2. The zero-order valence-electron chi connectivity index (χ0n) is 13.9. The molecule has 0 aliphatic carbocycles. The summed E-state index contributed by atoms with van der Waals surface area (Å²) in [4.78, 5) is 2.68. The fraction of sp³-hybridized carbons (Fsp3) is 0.667. The van der Waals surface area contributed by atoms with Crippen molar-refractivity contribution in [1.29, 1.82) is 0 Å². The highest BCUT2D eigenvalue weighted by atomic mass is 15.2. The Hall–Kier alpha value is -0.795. The van der Waals surface area contributed by atoms with Gasteiger partial charge in [-0.15, -0.1) is 0 Å². The molecule has 114 valence electrons. The van der Waals surface area contributed by atoms with Gasteiger partial charge in [0.2, 0.25) is 0 Å². The van der Waals surface area contributed by atoms with Crippen LogP contribution in [-0.4, -0.2) is 45.0 Å². The van der Waals surface area contributed by atoms with Gasteiger partial charge >= 0.3 is 0 Å². The molecule has 2 aliphatic rings. The normalized spacial score (nSPS) is 23.4. The van der Waals surface area contributed by atoms with E-state index in [1.165, 1.54) is 57.3 Å². The van der Waals surface area contributed by atoms with Crippen molar-refractivity contribution in [3.05, 3.63) is 34.4 Å². The molecular formula is C18H29BN2. The number of likely N-dealkylation sites (tertiary alicyclic amines) is 1. The lowest BCUT2D eigenvalue weighted by Gasteiger charge is -2.43. The zero-order valence-corrected chi connectivity index (χ0v) is 13.9. The Morgan fingerprint density at radius 1 is 1.19 bits per heavy atom. The van der Waals surface area contributed by atoms with Gasteiger partial charge in [-0.05, 0) is 67.8 Å². The zero-order chi connectivity index (χ0) is 14.8. The third-order valence-corrected chi connectivity index (χ3v) is 5.58. The van der Waals surface area contributed by atoms with E-state index in [4.69, 9.17) is 0 Å². The van der Waals surface area contributed by atoms with Crippen LogP contribution in [0.3, 0.4) is 0 Å². The highest BCUT2D eigenvalue weighted by molar-refractivity contribution is 6.08. The summed E-state index contributed by atoms with van der Waals surface area (Å²) < 4.78 is 0. The fourth-order valence-electron chi connectivity index (χ4n) is 3.99. The number of benzene rings is 1. The van der Waals surface area contributed by atoms with E-state index in [2.05, 4.69) is 44.0 Å². The summed E-state index contributed by atoms with van der Waals surface area (Å²) >= 11 is 0. The van der Waals surface area contributed by atoms with Crippen LogP contribution in [0.25, 0.3) is 0 Å². The van der Waals surface area contributed by atoms with Crippen LogP contribution in [0.1, 0.15) is 28.7 Å². The van der Waals surface area contributed by atoms with Gasteiger partial charge in [0.05, 0.1) is 0 Å². The predicted molar refractivity (Wildman–Crippen MR) is 93.0 cm³/mol. The highest BCUT2D eigenvalue weighted by Gasteiger charge is 2.33. The van der Waals surface area contributed by atoms with Crippen molar-refractivity contribution >= 4 is 7.85 Å². The van der Waals surface area contributed by atoms with E-state index in [-0.39, 0.29) is 0 Å². The smallest absolute Gasteiger partial charge is 0.101 e. The molecule has 2 aliphatic heterocycles. The number of hydrogen-bond donors (Lipinski definition) is 1. The largest absolute Gasteiger partial charge is 0.315 e. The fourth-order valence-corrected chi connectivity index (χ4v) is 3.99. The first-order chi connectivity index (χ1) is 10.2. The number of rotatable bonds is 5. The minimum atomic E-state index is 0.816. The molecule has 1 aromatic carbocycles. The number of nitrogens with one attached hydrogen (secondary N) is 1. The van der Waals surface area contributed by atoms with Gasteiger partial charge in [-0.25, -0.2) is 0 Å². The van der Waals surface area contributed by atoms with E-state index in [9.17, 15) is 0 Å². The second kappa shape index (κ2) is 6.54. The maximum Gasteiger partial charge on any atom is 0.101 e. The maximum atomic E-state index is 3.48. The molecule has 1 aromatic rings. The second-order valence-corrected chi connectivity index (χ2v) is 7.05. The Labute approximate surface area is 130 Å². The monoisotopic (exact) mass is 284 g/mol. The minimum absolute atomic E-state index is 0.816. The van der Waals surface area contributed by atoms with Crippen LogP contribution in [0.5, 0.6) is 0 Å². The molecule has 3 heteroatoms. The molecular weight excluding hydrogens is 255 g/mol. The van der Waals surface area contributed by atoms with E-state index >= 15 is 0 Å². The molecule has 21 heavy (non-hydrogen) atoms. The van der Waals surface area contributed by atoms with Gasteiger partial charge < -0.3 is 5.32 Å². The first-order valence-corrected chi connectivity index (χ1v) is 8.71. The molecule has 3 rings (SSSR count). The molecule has 0 amide bonds. The van der Waals surface area contributed by atoms with Crippen molar-refractivity contribution < 1.29 is 0 Å². The summed E-state index contributed by atoms with van der Waals surface area (Å²) in [6, 6.07) is 5.59. The lowest BCUT2D eigenvalue weighted by Crippen LogP contribution is -2.53. The summed E-state index contributed by atoms with van der Waals surface area (Å²) in [6.07, 6.45) is 5.08. The average Bonchev–Trinajstić information content (AvgIpc) is 2.94. The molecule has 1 atom stereocenters. The first-order valence-electron chi connectivity index (χ1n) is 8.71. The van der Waals surface area contributed by atoms with E-state index < -0.39 is 0 Å². The molecule has 2 heterocycles. The van der Waals surface area contributed by atoms with E-state index in [0.717, 1.165) is 12.0 Å². The Bertz CT molecular complexity index is 488. The van der Waals surface area contributed by atoms with Crippen LogP contribution in [0, 0.1) is 19.8 Å². The van der Waals surface area contributed by atoms with Crippen LogP contribution in [0.15, 0.2) is 12.1 Å². The number of aryl methyl sites for hydroxylation is 1. The van der Waals surface area contributed by atoms with Crippen molar-refractivity contribution in [2.75, 3.05) is 26.2 Å².